The highest BCUT2D eigenvalue weighted by Crippen LogP contribution is 2.29. The summed E-state index contributed by atoms with van der Waals surface area (Å²) in [6.45, 7) is 3.74. The van der Waals surface area contributed by atoms with E-state index >= 15 is 0 Å². The average molecular weight is 485 g/mol. The number of pyridine rings is 1. The summed E-state index contributed by atoms with van der Waals surface area (Å²) in [5, 5.41) is 6.58. The number of piperidine rings is 1. The van der Waals surface area contributed by atoms with Gasteiger partial charge in [-0.15, -0.1) is 0 Å². The quantitative estimate of drug-likeness (QED) is 0.566. The van der Waals surface area contributed by atoms with Crippen molar-refractivity contribution in [2.75, 3.05) is 18.4 Å². The number of carbonyl (C=O) groups is 1. The molecule has 1 unspecified atom stereocenters. The summed E-state index contributed by atoms with van der Waals surface area (Å²) in [7, 11) is -4.00. The molecule has 10 heteroatoms. The molecule has 1 saturated heterocycles. The number of halogens is 1. The topological polar surface area (TPSA) is 105 Å². The fraction of sp³-hybridized carbons (Fsp3) is 0.292. The lowest BCUT2D eigenvalue weighted by atomic mass is 9.99. The molecule has 0 spiro atoms. The van der Waals surface area contributed by atoms with Crippen LogP contribution >= 0.6 is 0 Å². The third kappa shape index (κ3) is 5.07. The van der Waals surface area contributed by atoms with Crippen molar-refractivity contribution in [2.45, 2.75) is 31.6 Å². The standard InChI is InChI=1S/C24H25FN4O4S/c1-16-9-12-22(26-14-16)27-24(30)19-7-5-13-29(15-19)34(31,32)23-17(2)28-33-21(23)11-10-18-6-3-4-8-20(18)25/h3-4,6,8-12,14,19H,5,7,13,15H2,1-2H3,(H,26,27,30). The summed E-state index contributed by atoms with van der Waals surface area (Å²) in [4.78, 5) is 16.9. The molecule has 1 fully saturated rings. The Labute approximate surface area is 197 Å². The highest BCUT2D eigenvalue weighted by molar-refractivity contribution is 7.89. The van der Waals surface area contributed by atoms with E-state index in [1.807, 2.05) is 13.0 Å². The number of hydrogen-bond acceptors (Lipinski definition) is 6. The number of aryl methyl sites for hydroxylation is 2. The number of carbonyl (C=O) groups excluding carboxylic acids is 1. The SMILES string of the molecule is Cc1ccc(NC(=O)C2CCCN(S(=O)(=O)c3c(C)noc3C=Cc3ccccc3F)C2)nc1. The van der Waals surface area contributed by atoms with E-state index < -0.39 is 21.8 Å². The highest BCUT2D eigenvalue weighted by atomic mass is 32.2. The molecule has 1 N–H and O–H groups in total. The Kier molecular flexibility index (Phi) is 6.90. The summed E-state index contributed by atoms with van der Waals surface area (Å²) in [6, 6.07) is 9.68. The molecule has 1 atom stereocenters. The minimum absolute atomic E-state index is 0.0104. The maximum absolute atomic E-state index is 14.0. The van der Waals surface area contributed by atoms with E-state index in [1.54, 1.807) is 30.5 Å². The van der Waals surface area contributed by atoms with Gasteiger partial charge in [-0.25, -0.2) is 17.8 Å². The first-order valence-electron chi connectivity index (χ1n) is 10.9. The van der Waals surface area contributed by atoms with E-state index in [0.29, 0.717) is 24.2 Å². The number of sulfonamides is 1. The monoisotopic (exact) mass is 484 g/mol. The van der Waals surface area contributed by atoms with Crippen LogP contribution in [0.5, 0.6) is 0 Å². The molecule has 1 amide bonds. The van der Waals surface area contributed by atoms with Gasteiger partial charge in [-0.1, -0.05) is 29.4 Å². The predicted octanol–water partition coefficient (Wildman–Crippen LogP) is 4.04. The second-order valence-electron chi connectivity index (χ2n) is 8.23. The molecule has 3 aromatic rings. The van der Waals surface area contributed by atoms with Crippen molar-refractivity contribution >= 4 is 33.9 Å². The summed E-state index contributed by atoms with van der Waals surface area (Å²) in [5.41, 5.74) is 1.46. The number of aromatic nitrogens is 2. The Bertz CT molecular complexity index is 1320. The third-order valence-electron chi connectivity index (χ3n) is 5.67. The number of anilines is 1. The molecule has 3 heterocycles. The van der Waals surface area contributed by atoms with Gasteiger partial charge >= 0.3 is 0 Å². The van der Waals surface area contributed by atoms with Crippen molar-refractivity contribution in [3.8, 4) is 0 Å². The van der Waals surface area contributed by atoms with Crippen molar-refractivity contribution in [3.05, 3.63) is 71.0 Å². The Balaban J connectivity index is 1.54. The van der Waals surface area contributed by atoms with Crippen molar-refractivity contribution in [3.63, 3.8) is 0 Å². The van der Waals surface area contributed by atoms with Crippen molar-refractivity contribution in [1.29, 1.82) is 0 Å². The summed E-state index contributed by atoms with van der Waals surface area (Å²) in [6.07, 6.45) is 5.58. The Hall–Kier alpha value is -3.37. The van der Waals surface area contributed by atoms with Crippen molar-refractivity contribution in [2.24, 2.45) is 5.92 Å². The van der Waals surface area contributed by atoms with Gasteiger partial charge in [-0.05, 0) is 56.5 Å². The van der Waals surface area contributed by atoms with Gasteiger partial charge in [0.1, 0.15) is 17.3 Å². The van der Waals surface area contributed by atoms with Gasteiger partial charge in [0.25, 0.3) is 0 Å². The number of hydrogen-bond donors (Lipinski definition) is 1. The van der Waals surface area contributed by atoms with Crippen LogP contribution in [-0.2, 0) is 14.8 Å². The molecule has 2 aromatic heterocycles. The molecule has 0 bridgehead atoms. The molecule has 34 heavy (non-hydrogen) atoms. The van der Waals surface area contributed by atoms with E-state index in [4.69, 9.17) is 4.52 Å². The van der Waals surface area contributed by atoms with Crippen LogP contribution in [0.2, 0.25) is 0 Å². The fourth-order valence-corrected chi connectivity index (χ4v) is 5.62. The van der Waals surface area contributed by atoms with Gasteiger partial charge in [0.2, 0.25) is 15.9 Å². The van der Waals surface area contributed by atoms with Crippen molar-refractivity contribution < 1.29 is 22.1 Å². The predicted molar refractivity (Wildman–Crippen MR) is 126 cm³/mol. The lowest BCUT2D eigenvalue weighted by Gasteiger charge is -2.31. The fourth-order valence-electron chi connectivity index (χ4n) is 3.85. The molecule has 8 nitrogen and oxygen atoms in total. The molecule has 1 aliphatic rings. The van der Waals surface area contributed by atoms with Gasteiger partial charge in [0.15, 0.2) is 10.7 Å². The molecule has 0 saturated carbocycles. The van der Waals surface area contributed by atoms with Gasteiger partial charge in [0.05, 0.1) is 5.92 Å². The van der Waals surface area contributed by atoms with Crippen LogP contribution in [0.1, 0.15) is 35.4 Å². The van der Waals surface area contributed by atoms with Crippen LogP contribution in [0.3, 0.4) is 0 Å². The second kappa shape index (κ2) is 9.86. The van der Waals surface area contributed by atoms with Gasteiger partial charge in [-0.2, -0.15) is 4.31 Å². The molecular formula is C24H25FN4O4S. The van der Waals surface area contributed by atoms with E-state index in [0.717, 1.165) is 5.56 Å². The normalized spacial score (nSPS) is 17.2. The molecule has 178 valence electrons. The van der Waals surface area contributed by atoms with E-state index in [1.165, 1.54) is 29.4 Å². The Morgan fingerprint density at radius 3 is 2.74 bits per heavy atom. The molecule has 0 aliphatic carbocycles. The molecule has 0 radical (unpaired) electrons. The van der Waals surface area contributed by atoms with E-state index in [2.05, 4.69) is 15.5 Å². The zero-order valence-corrected chi connectivity index (χ0v) is 19.7. The highest BCUT2D eigenvalue weighted by Gasteiger charge is 2.37. The summed E-state index contributed by atoms with van der Waals surface area (Å²) < 4.78 is 47.5. The maximum Gasteiger partial charge on any atom is 0.248 e. The van der Waals surface area contributed by atoms with Crippen LogP contribution in [0.4, 0.5) is 10.2 Å². The lowest BCUT2D eigenvalue weighted by molar-refractivity contribution is -0.120. The summed E-state index contributed by atoms with van der Waals surface area (Å²) >= 11 is 0. The van der Waals surface area contributed by atoms with Crippen LogP contribution in [0.15, 0.2) is 52.0 Å². The van der Waals surface area contributed by atoms with Gasteiger partial charge in [-0.3, -0.25) is 4.79 Å². The minimum atomic E-state index is -4.00. The zero-order valence-electron chi connectivity index (χ0n) is 18.9. The van der Waals surface area contributed by atoms with Crippen LogP contribution in [0.25, 0.3) is 12.2 Å². The second-order valence-corrected chi connectivity index (χ2v) is 10.1. The first-order chi connectivity index (χ1) is 16.3. The molecule has 4 rings (SSSR count). The average Bonchev–Trinajstić information content (AvgIpc) is 3.21. The van der Waals surface area contributed by atoms with Crippen LogP contribution in [-0.4, -0.2) is 41.9 Å². The summed E-state index contributed by atoms with van der Waals surface area (Å²) in [5.74, 6) is -0.809. The Morgan fingerprint density at radius 2 is 2.00 bits per heavy atom. The molecular weight excluding hydrogens is 459 g/mol. The van der Waals surface area contributed by atoms with Crippen molar-refractivity contribution in [1.82, 2.24) is 14.4 Å². The third-order valence-corrected chi connectivity index (χ3v) is 7.69. The van der Waals surface area contributed by atoms with Gasteiger partial charge < -0.3 is 9.84 Å². The molecule has 1 aromatic carbocycles. The van der Waals surface area contributed by atoms with E-state index in [9.17, 15) is 17.6 Å². The number of nitrogens with one attached hydrogen (secondary N) is 1. The number of amides is 1. The van der Waals surface area contributed by atoms with Crippen LogP contribution < -0.4 is 5.32 Å². The number of rotatable bonds is 6. The van der Waals surface area contributed by atoms with Gasteiger partial charge in [0, 0.05) is 24.8 Å². The number of benzene rings is 1. The Morgan fingerprint density at radius 1 is 1.21 bits per heavy atom. The maximum atomic E-state index is 14.0. The first kappa shape index (κ1) is 23.8. The largest absolute Gasteiger partial charge is 0.355 e. The van der Waals surface area contributed by atoms with Crippen LogP contribution in [0, 0.1) is 25.6 Å². The zero-order chi connectivity index (χ0) is 24.3. The number of nitrogens with zero attached hydrogens (tertiary/aromatic N) is 3. The first-order valence-corrected chi connectivity index (χ1v) is 12.3. The van der Waals surface area contributed by atoms with E-state index in [-0.39, 0.29) is 35.3 Å². The smallest absolute Gasteiger partial charge is 0.248 e. The minimum Gasteiger partial charge on any atom is -0.355 e. The lowest BCUT2D eigenvalue weighted by Crippen LogP contribution is -2.44. The molecule has 1 aliphatic heterocycles.